The van der Waals surface area contributed by atoms with Crippen molar-refractivity contribution in [2.24, 2.45) is 10.9 Å². The number of nitrogens with zero attached hydrogens (tertiary/aromatic N) is 4. The van der Waals surface area contributed by atoms with Gasteiger partial charge in [-0.05, 0) is 37.9 Å². The maximum absolute atomic E-state index is 5.61. The van der Waals surface area contributed by atoms with Crippen molar-refractivity contribution in [2.75, 3.05) is 45.1 Å². The van der Waals surface area contributed by atoms with Crippen LogP contribution in [-0.4, -0.2) is 70.3 Å². The molecule has 160 valence electrons. The summed E-state index contributed by atoms with van der Waals surface area (Å²) in [7, 11) is 0. The molecule has 3 heterocycles. The molecular weight excluding hydrogens is 485 g/mol. The number of guanidine groups is 1. The van der Waals surface area contributed by atoms with E-state index < -0.39 is 0 Å². The molecule has 0 spiro atoms. The Balaban J connectivity index is 0.00000280. The molecule has 3 rings (SSSR count). The molecule has 0 aliphatic carbocycles. The number of aromatic nitrogens is 2. The second-order valence-electron chi connectivity index (χ2n) is 7.69. The molecule has 0 aromatic carbocycles. The van der Waals surface area contributed by atoms with Crippen LogP contribution in [0.2, 0.25) is 0 Å². The van der Waals surface area contributed by atoms with Crippen LogP contribution < -0.4 is 5.32 Å². The molecule has 0 amide bonds. The smallest absolute Gasteiger partial charge is 0.194 e. The number of nitrogens with one attached hydrogen (secondary N) is 1. The van der Waals surface area contributed by atoms with E-state index in [4.69, 9.17) is 9.73 Å². The highest BCUT2D eigenvalue weighted by atomic mass is 127. The van der Waals surface area contributed by atoms with Gasteiger partial charge in [0.25, 0.3) is 0 Å². The number of hydrogen-bond acceptors (Lipinski definition) is 4. The van der Waals surface area contributed by atoms with Gasteiger partial charge in [-0.15, -0.1) is 24.0 Å². The van der Waals surface area contributed by atoms with E-state index in [1.165, 1.54) is 6.42 Å². The highest BCUT2D eigenvalue weighted by molar-refractivity contribution is 14.0. The summed E-state index contributed by atoms with van der Waals surface area (Å²) in [6.45, 7) is 12.3. The minimum atomic E-state index is 0. The normalized spacial score (nSPS) is 25.2. The van der Waals surface area contributed by atoms with Gasteiger partial charge < -0.3 is 19.5 Å². The molecule has 1 N–H and O–H groups in total. The Morgan fingerprint density at radius 2 is 2.14 bits per heavy atom. The fourth-order valence-corrected chi connectivity index (χ4v) is 5.36. The largest absolute Gasteiger partial charge is 0.381 e. The average Bonchev–Trinajstić information content (AvgIpc) is 3.21. The minimum absolute atomic E-state index is 0. The predicted molar refractivity (Wildman–Crippen MR) is 129 cm³/mol. The third-order valence-corrected chi connectivity index (χ3v) is 7.27. The molecule has 0 saturated carbocycles. The Kier molecular flexibility index (Phi) is 9.89. The van der Waals surface area contributed by atoms with Crippen LogP contribution in [0.15, 0.2) is 23.7 Å². The quantitative estimate of drug-likeness (QED) is 0.352. The van der Waals surface area contributed by atoms with Crippen LogP contribution in [0.1, 0.15) is 46.1 Å². The van der Waals surface area contributed by atoms with Gasteiger partial charge in [0, 0.05) is 50.0 Å². The molecule has 0 bridgehead atoms. The first-order chi connectivity index (χ1) is 13.2. The number of ether oxygens (including phenoxy) is 1. The molecule has 8 heteroatoms. The molecular formula is C20H36IN5OS. The number of piperidine rings is 1. The van der Waals surface area contributed by atoms with Crippen LogP contribution in [0.5, 0.6) is 0 Å². The van der Waals surface area contributed by atoms with Crippen molar-refractivity contribution in [3.63, 3.8) is 0 Å². The van der Waals surface area contributed by atoms with E-state index in [1.54, 1.807) is 0 Å². The van der Waals surface area contributed by atoms with E-state index in [1.807, 2.05) is 12.5 Å². The Hall–Kier alpha value is -0.480. The first kappa shape index (κ1) is 23.8. The second-order valence-corrected chi connectivity index (χ2v) is 9.42. The van der Waals surface area contributed by atoms with Crippen LogP contribution >= 0.6 is 35.7 Å². The Labute approximate surface area is 191 Å². The van der Waals surface area contributed by atoms with Crippen LogP contribution in [0, 0.1) is 5.92 Å². The van der Waals surface area contributed by atoms with Crippen molar-refractivity contribution in [1.29, 1.82) is 0 Å². The van der Waals surface area contributed by atoms with Crippen molar-refractivity contribution in [3.05, 3.63) is 18.7 Å². The zero-order valence-corrected chi connectivity index (χ0v) is 20.6. The van der Waals surface area contributed by atoms with E-state index in [-0.39, 0.29) is 28.7 Å². The van der Waals surface area contributed by atoms with Gasteiger partial charge in [-0.3, -0.25) is 4.99 Å². The molecule has 1 aromatic rings. The van der Waals surface area contributed by atoms with Gasteiger partial charge in [-0.2, -0.15) is 11.8 Å². The first-order valence-electron chi connectivity index (χ1n) is 10.4. The summed E-state index contributed by atoms with van der Waals surface area (Å²) in [6, 6.07) is 0.451. The second kappa shape index (κ2) is 11.6. The number of rotatable bonds is 6. The number of halogens is 1. The summed E-state index contributed by atoms with van der Waals surface area (Å²) in [6.07, 6.45) is 9.29. The van der Waals surface area contributed by atoms with Gasteiger partial charge >= 0.3 is 0 Å². The van der Waals surface area contributed by atoms with Gasteiger partial charge in [0.1, 0.15) is 0 Å². The molecule has 2 aliphatic rings. The van der Waals surface area contributed by atoms with Crippen molar-refractivity contribution in [3.8, 4) is 0 Å². The van der Waals surface area contributed by atoms with E-state index in [2.05, 4.69) is 58.5 Å². The van der Waals surface area contributed by atoms with Gasteiger partial charge in [0.2, 0.25) is 0 Å². The van der Waals surface area contributed by atoms with Crippen LogP contribution in [-0.2, 0) is 4.74 Å². The molecule has 6 nitrogen and oxygen atoms in total. The minimum Gasteiger partial charge on any atom is -0.381 e. The topological polar surface area (TPSA) is 54.7 Å². The van der Waals surface area contributed by atoms with Crippen molar-refractivity contribution in [1.82, 2.24) is 19.8 Å². The maximum atomic E-state index is 5.61. The highest BCUT2D eigenvalue weighted by Crippen LogP contribution is 2.36. The van der Waals surface area contributed by atoms with Crippen LogP contribution in [0.25, 0.3) is 0 Å². The van der Waals surface area contributed by atoms with Crippen molar-refractivity contribution >= 4 is 41.7 Å². The first-order valence-corrected chi connectivity index (χ1v) is 11.4. The van der Waals surface area contributed by atoms with E-state index in [0.717, 1.165) is 63.9 Å². The summed E-state index contributed by atoms with van der Waals surface area (Å²) < 4.78 is 8.11. The lowest BCUT2D eigenvalue weighted by atomic mass is 9.93. The molecule has 0 radical (unpaired) electrons. The Bertz CT molecular complexity index is 586. The predicted octanol–water partition coefficient (Wildman–Crippen LogP) is 3.65. The van der Waals surface area contributed by atoms with Gasteiger partial charge in [0.15, 0.2) is 5.96 Å². The third kappa shape index (κ3) is 6.01. The van der Waals surface area contributed by atoms with Gasteiger partial charge in [-0.1, -0.05) is 13.8 Å². The van der Waals surface area contributed by atoms with Gasteiger partial charge in [0.05, 0.1) is 18.9 Å². The zero-order valence-electron chi connectivity index (χ0n) is 17.5. The van der Waals surface area contributed by atoms with E-state index >= 15 is 0 Å². The average molecular weight is 522 g/mol. The summed E-state index contributed by atoms with van der Waals surface area (Å²) in [5.41, 5.74) is 0. The maximum Gasteiger partial charge on any atom is 0.194 e. The SMILES string of the molecule is CCNC(=NCC1(SCC)CCOCC1)N1CCC(C)C(n2ccnc2)C1.I. The summed E-state index contributed by atoms with van der Waals surface area (Å²) in [5, 5.41) is 3.54. The summed E-state index contributed by atoms with van der Waals surface area (Å²) in [4.78, 5) is 11.8. The van der Waals surface area contributed by atoms with Crippen molar-refractivity contribution < 1.29 is 4.74 Å². The zero-order chi connectivity index (χ0) is 19.1. The molecule has 1 aromatic heterocycles. The van der Waals surface area contributed by atoms with Crippen LogP contribution in [0.3, 0.4) is 0 Å². The summed E-state index contributed by atoms with van der Waals surface area (Å²) >= 11 is 2.06. The number of aliphatic imine (C=N–C) groups is 1. The standard InChI is InChI=1S/C20H35N5OS.HI/c1-4-22-19(23-15-20(27-5-2)7-12-26-13-8-20)24-10-6-17(3)18(14-24)25-11-9-21-16-25;/h9,11,16-18H,4-8,10,12-15H2,1-3H3,(H,22,23);1H. The summed E-state index contributed by atoms with van der Waals surface area (Å²) in [5.74, 6) is 2.85. The number of imidazole rings is 1. The molecule has 2 unspecified atom stereocenters. The van der Waals surface area contributed by atoms with Gasteiger partial charge in [-0.25, -0.2) is 4.98 Å². The monoisotopic (exact) mass is 521 g/mol. The lowest BCUT2D eigenvalue weighted by molar-refractivity contribution is 0.0792. The Morgan fingerprint density at radius 1 is 1.36 bits per heavy atom. The fourth-order valence-electron chi connectivity index (χ4n) is 4.14. The third-order valence-electron chi connectivity index (χ3n) is 5.83. The highest BCUT2D eigenvalue weighted by Gasteiger charge is 2.34. The number of likely N-dealkylation sites (tertiary alicyclic amines) is 1. The molecule has 2 aliphatic heterocycles. The molecule has 2 atom stereocenters. The Morgan fingerprint density at radius 3 is 2.79 bits per heavy atom. The fraction of sp³-hybridized carbons (Fsp3) is 0.800. The van der Waals surface area contributed by atoms with Crippen LogP contribution in [0.4, 0.5) is 0 Å². The lowest BCUT2D eigenvalue weighted by Gasteiger charge is -2.40. The number of hydrogen-bond donors (Lipinski definition) is 1. The lowest BCUT2D eigenvalue weighted by Crippen LogP contribution is -2.49. The molecule has 2 saturated heterocycles. The van der Waals surface area contributed by atoms with E-state index in [9.17, 15) is 0 Å². The molecule has 28 heavy (non-hydrogen) atoms. The van der Waals surface area contributed by atoms with Crippen molar-refractivity contribution in [2.45, 2.75) is 50.8 Å². The molecule has 2 fully saturated rings. The number of thioether (sulfide) groups is 1. The van der Waals surface area contributed by atoms with E-state index in [0.29, 0.717) is 12.0 Å².